The molecule has 1 heterocycles. The maximum Gasteiger partial charge on any atom is 0.0975 e. The van der Waals surface area contributed by atoms with E-state index in [-0.39, 0.29) is 12.2 Å². The monoisotopic (exact) mass is 688 g/mol. The molecule has 2 unspecified atom stereocenters. The maximum atomic E-state index is 10.3. The first kappa shape index (κ1) is 45.8. The van der Waals surface area contributed by atoms with Gasteiger partial charge in [0, 0.05) is 40.0 Å². The van der Waals surface area contributed by atoms with E-state index < -0.39 is 6.10 Å². The number of aliphatic hydroxyl groups excluding tert-OH is 1. The summed E-state index contributed by atoms with van der Waals surface area (Å²) in [5, 5.41) is 10.3. The molecule has 0 spiro atoms. The molecule has 5 nitrogen and oxygen atoms in total. The highest BCUT2D eigenvalue weighted by Crippen LogP contribution is 2.19. The number of methoxy groups -OCH3 is 1. The van der Waals surface area contributed by atoms with Crippen molar-refractivity contribution in [1.82, 2.24) is 4.90 Å². The smallest absolute Gasteiger partial charge is 0.0975 e. The van der Waals surface area contributed by atoms with Crippen LogP contribution in [0.3, 0.4) is 0 Å². The van der Waals surface area contributed by atoms with Crippen LogP contribution in [-0.2, 0) is 14.2 Å². The molecule has 0 saturated carbocycles. The molecule has 1 saturated heterocycles. The van der Waals surface area contributed by atoms with Crippen LogP contribution in [0.2, 0.25) is 0 Å². The van der Waals surface area contributed by atoms with E-state index in [1.54, 1.807) is 7.11 Å². The molecule has 5 heteroatoms. The molecule has 0 aromatic heterocycles. The zero-order valence-corrected chi connectivity index (χ0v) is 32.7. The first-order valence-corrected chi connectivity index (χ1v) is 20.9. The molecule has 0 aromatic rings. The number of β-amino-alcohol motifs (C(OH)–C–C–N with tert-alkyl or cyclic N) is 1. The minimum Gasteiger partial charge on any atom is -0.389 e. The third-order valence-corrected chi connectivity index (χ3v) is 9.47. The second-order valence-electron chi connectivity index (χ2n) is 14.3. The standard InChI is InChI=1S/C44H81NO4/c1-4-6-8-10-12-14-16-18-20-22-24-26-28-30-32-34-36-48-43-39-45(38-42(46)41-47-3)40-44(43)49-37-35-33-31-29-27-25-23-21-19-17-15-13-11-9-7-5-2/h12-15,18-21,42-44,46H,4-11,16-17,22-41H2,1-3H3/b14-12-,15-13-,20-18-,21-19-/t42?,43-,44?/m1/s1. The number of hydrogen-bond donors (Lipinski definition) is 1. The fourth-order valence-corrected chi connectivity index (χ4v) is 6.48. The van der Waals surface area contributed by atoms with Crippen LogP contribution in [0, 0.1) is 0 Å². The van der Waals surface area contributed by atoms with Crippen molar-refractivity contribution < 1.29 is 19.3 Å². The van der Waals surface area contributed by atoms with Crippen LogP contribution in [0.25, 0.3) is 0 Å². The van der Waals surface area contributed by atoms with Crippen molar-refractivity contribution in [2.45, 2.75) is 186 Å². The molecule has 0 aliphatic carbocycles. The molecule has 1 N–H and O–H groups in total. The third kappa shape index (κ3) is 30.1. The van der Waals surface area contributed by atoms with E-state index in [0.29, 0.717) is 13.2 Å². The van der Waals surface area contributed by atoms with E-state index in [2.05, 4.69) is 67.4 Å². The van der Waals surface area contributed by atoms with Gasteiger partial charge in [-0.25, -0.2) is 0 Å². The van der Waals surface area contributed by atoms with Crippen LogP contribution in [-0.4, -0.2) is 74.9 Å². The van der Waals surface area contributed by atoms with Crippen LogP contribution < -0.4 is 0 Å². The molecule has 1 rings (SSSR count). The molecule has 49 heavy (non-hydrogen) atoms. The first-order chi connectivity index (χ1) is 24.2. The molecule has 0 bridgehead atoms. The summed E-state index contributed by atoms with van der Waals surface area (Å²) < 4.78 is 17.9. The van der Waals surface area contributed by atoms with Gasteiger partial charge < -0.3 is 19.3 Å². The van der Waals surface area contributed by atoms with Gasteiger partial charge in [0.2, 0.25) is 0 Å². The Hall–Kier alpha value is -1.24. The summed E-state index contributed by atoms with van der Waals surface area (Å²) in [4.78, 5) is 2.29. The number of ether oxygens (including phenoxy) is 3. The Bertz CT molecular complexity index is 736. The van der Waals surface area contributed by atoms with Gasteiger partial charge in [-0.1, -0.05) is 140 Å². The van der Waals surface area contributed by atoms with Crippen molar-refractivity contribution in [2.75, 3.05) is 46.6 Å². The van der Waals surface area contributed by atoms with Crippen LogP contribution >= 0.6 is 0 Å². The Morgan fingerprint density at radius 2 is 0.898 bits per heavy atom. The number of likely N-dealkylation sites (tertiary alicyclic amines) is 1. The number of unbranched alkanes of at least 4 members (excludes halogenated alkanes) is 18. The maximum absolute atomic E-state index is 10.3. The van der Waals surface area contributed by atoms with E-state index in [1.807, 2.05) is 0 Å². The second kappa shape index (κ2) is 36.5. The Kier molecular flexibility index (Phi) is 34.1. The largest absolute Gasteiger partial charge is 0.389 e. The van der Waals surface area contributed by atoms with Gasteiger partial charge in [0.15, 0.2) is 0 Å². The average molecular weight is 688 g/mol. The van der Waals surface area contributed by atoms with Crippen molar-refractivity contribution in [3.63, 3.8) is 0 Å². The Labute approximate surface area is 305 Å². The molecule has 1 aliphatic rings. The zero-order valence-electron chi connectivity index (χ0n) is 32.7. The summed E-state index contributed by atoms with van der Waals surface area (Å²) in [7, 11) is 1.64. The Morgan fingerprint density at radius 1 is 0.531 bits per heavy atom. The molecule has 1 aliphatic heterocycles. The Morgan fingerprint density at radius 3 is 1.29 bits per heavy atom. The van der Waals surface area contributed by atoms with Crippen molar-refractivity contribution in [1.29, 1.82) is 0 Å². The lowest BCUT2D eigenvalue weighted by Crippen LogP contribution is -2.34. The molecule has 1 fully saturated rings. The quantitative estimate of drug-likeness (QED) is 0.0525. The highest BCUT2D eigenvalue weighted by molar-refractivity contribution is 4.93. The molecule has 3 atom stereocenters. The highest BCUT2D eigenvalue weighted by atomic mass is 16.5. The molecular weight excluding hydrogens is 606 g/mol. The van der Waals surface area contributed by atoms with Gasteiger partial charge in [0.1, 0.15) is 0 Å². The first-order valence-electron chi connectivity index (χ1n) is 20.9. The topological polar surface area (TPSA) is 51.2 Å². The van der Waals surface area contributed by atoms with E-state index in [4.69, 9.17) is 14.2 Å². The average Bonchev–Trinajstić information content (AvgIpc) is 3.48. The predicted molar refractivity (Wildman–Crippen MR) is 213 cm³/mol. The van der Waals surface area contributed by atoms with E-state index >= 15 is 0 Å². The summed E-state index contributed by atoms with van der Waals surface area (Å²) in [6.07, 6.45) is 48.6. The fraction of sp³-hybridized carbons (Fsp3) is 0.818. The van der Waals surface area contributed by atoms with Gasteiger partial charge in [-0.15, -0.1) is 0 Å². The van der Waals surface area contributed by atoms with Gasteiger partial charge in [0.25, 0.3) is 0 Å². The SMILES string of the molecule is CCCCC/C=C\C/C=C\CCCCCCCCOC1CN(CC(O)COC)C[C@H]1OCCCCCCCC/C=C\C/C=C\CCCCC. The van der Waals surface area contributed by atoms with Crippen molar-refractivity contribution in [2.24, 2.45) is 0 Å². The van der Waals surface area contributed by atoms with E-state index in [0.717, 1.165) is 52.0 Å². The summed E-state index contributed by atoms with van der Waals surface area (Å²) >= 11 is 0. The molecule has 286 valence electrons. The number of allylic oxidation sites excluding steroid dienone is 8. The van der Waals surface area contributed by atoms with Crippen LogP contribution in [0.5, 0.6) is 0 Å². The fourth-order valence-electron chi connectivity index (χ4n) is 6.48. The highest BCUT2D eigenvalue weighted by Gasteiger charge is 2.34. The normalized spacial score (nSPS) is 18.0. The van der Waals surface area contributed by atoms with Gasteiger partial charge in [0.05, 0.1) is 24.9 Å². The predicted octanol–water partition coefficient (Wildman–Crippen LogP) is 11.7. The summed E-state index contributed by atoms with van der Waals surface area (Å²) in [6.45, 7) is 8.77. The van der Waals surface area contributed by atoms with Crippen molar-refractivity contribution >= 4 is 0 Å². The number of hydrogen-bond acceptors (Lipinski definition) is 5. The van der Waals surface area contributed by atoms with Crippen LogP contribution in [0.4, 0.5) is 0 Å². The lowest BCUT2D eigenvalue weighted by atomic mass is 10.1. The molecular formula is C44H81NO4. The van der Waals surface area contributed by atoms with Gasteiger partial charge in [-0.3, -0.25) is 4.90 Å². The zero-order chi connectivity index (χ0) is 35.3. The third-order valence-electron chi connectivity index (χ3n) is 9.47. The lowest BCUT2D eigenvalue weighted by molar-refractivity contribution is -0.0481. The van der Waals surface area contributed by atoms with Crippen molar-refractivity contribution in [3.8, 4) is 0 Å². The van der Waals surface area contributed by atoms with Crippen molar-refractivity contribution in [3.05, 3.63) is 48.6 Å². The van der Waals surface area contributed by atoms with E-state index in [1.165, 1.54) is 128 Å². The number of aliphatic hydroxyl groups is 1. The molecule has 0 aromatic carbocycles. The van der Waals surface area contributed by atoms with Gasteiger partial charge in [-0.05, 0) is 77.0 Å². The summed E-state index contributed by atoms with van der Waals surface area (Å²) in [6, 6.07) is 0. The molecule has 0 amide bonds. The van der Waals surface area contributed by atoms with Crippen LogP contribution in [0.15, 0.2) is 48.6 Å². The Balaban J connectivity index is 2.12. The minimum absolute atomic E-state index is 0.0947. The van der Waals surface area contributed by atoms with Gasteiger partial charge >= 0.3 is 0 Å². The van der Waals surface area contributed by atoms with Crippen LogP contribution in [0.1, 0.15) is 168 Å². The summed E-state index contributed by atoms with van der Waals surface area (Å²) in [5.41, 5.74) is 0. The van der Waals surface area contributed by atoms with Gasteiger partial charge in [-0.2, -0.15) is 0 Å². The number of rotatable bonds is 36. The lowest BCUT2D eigenvalue weighted by Gasteiger charge is -2.20. The minimum atomic E-state index is -0.468. The molecule has 0 radical (unpaired) electrons. The number of nitrogens with zero attached hydrogens (tertiary/aromatic N) is 1. The second-order valence-corrected chi connectivity index (χ2v) is 14.3. The van der Waals surface area contributed by atoms with E-state index in [9.17, 15) is 5.11 Å². The summed E-state index contributed by atoms with van der Waals surface area (Å²) in [5.74, 6) is 0.